The molecule has 112 valence electrons. The van der Waals surface area contributed by atoms with Crippen LogP contribution in [0.1, 0.15) is 31.3 Å². The van der Waals surface area contributed by atoms with Crippen LogP contribution in [0.2, 0.25) is 0 Å². The highest BCUT2D eigenvalue weighted by Gasteiger charge is 2.18. The van der Waals surface area contributed by atoms with Crippen LogP contribution in [0.3, 0.4) is 0 Å². The second-order valence-electron chi connectivity index (χ2n) is 5.72. The number of amides is 1. The van der Waals surface area contributed by atoms with Crippen LogP contribution in [-0.2, 0) is 10.2 Å². The molecule has 0 aliphatic carbocycles. The maximum atomic E-state index is 12.1. The quantitative estimate of drug-likeness (QED) is 0.868. The van der Waals surface area contributed by atoms with Gasteiger partial charge in [0.1, 0.15) is 5.01 Å². The van der Waals surface area contributed by atoms with E-state index < -0.39 is 0 Å². The SMILES string of the molecule is Cc1nnc(SCC(=O)Nc2ccccc2C(C)(C)C)s1. The summed E-state index contributed by atoms with van der Waals surface area (Å²) in [6.07, 6.45) is 0. The lowest BCUT2D eigenvalue weighted by molar-refractivity contribution is -0.113. The van der Waals surface area contributed by atoms with Gasteiger partial charge in [0.15, 0.2) is 4.34 Å². The van der Waals surface area contributed by atoms with Gasteiger partial charge in [-0.1, -0.05) is 62.1 Å². The van der Waals surface area contributed by atoms with E-state index in [4.69, 9.17) is 0 Å². The molecule has 0 saturated heterocycles. The van der Waals surface area contributed by atoms with Gasteiger partial charge in [0.25, 0.3) is 0 Å². The predicted molar refractivity (Wildman–Crippen MR) is 89.1 cm³/mol. The summed E-state index contributed by atoms with van der Waals surface area (Å²) >= 11 is 2.92. The molecule has 0 spiro atoms. The molecule has 0 aliphatic heterocycles. The van der Waals surface area contributed by atoms with Crippen molar-refractivity contribution < 1.29 is 4.79 Å². The number of para-hydroxylation sites is 1. The van der Waals surface area contributed by atoms with Crippen molar-refractivity contribution in [3.63, 3.8) is 0 Å². The van der Waals surface area contributed by atoms with E-state index in [-0.39, 0.29) is 11.3 Å². The van der Waals surface area contributed by atoms with Crippen LogP contribution in [0.5, 0.6) is 0 Å². The third-order valence-corrected chi connectivity index (χ3v) is 4.82. The van der Waals surface area contributed by atoms with Gasteiger partial charge in [-0.05, 0) is 24.0 Å². The average molecular weight is 321 g/mol. The van der Waals surface area contributed by atoms with Gasteiger partial charge < -0.3 is 5.32 Å². The fourth-order valence-electron chi connectivity index (χ4n) is 1.90. The first-order chi connectivity index (χ1) is 9.86. The minimum atomic E-state index is -0.0236. The van der Waals surface area contributed by atoms with Gasteiger partial charge in [-0.15, -0.1) is 10.2 Å². The highest BCUT2D eigenvalue weighted by atomic mass is 32.2. The molecule has 0 saturated carbocycles. The molecule has 1 aromatic carbocycles. The maximum Gasteiger partial charge on any atom is 0.234 e. The topological polar surface area (TPSA) is 54.9 Å². The molecule has 0 fully saturated rings. The molecule has 2 aromatic rings. The van der Waals surface area contributed by atoms with Crippen LogP contribution in [0.4, 0.5) is 5.69 Å². The predicted octanol–water partition coefficient (Wildman–Crippen LogP) is 3.87. The van der Waals surface area contributed by atoms with Gasteiger partial charge in [0.2, 0.25) is 5.91 Å². The summed E-state index contributed by atoms with van der Waals surface area (Å²) in [5.74, 6) is 0.317. The average Bonchev–Trinajstić information content (AvgIpc) is 2.82. The molecule has 6 heteroatoms. The van der Waals surface area contributed by atoms with Crippen LogP contribution in [-0.4, -0.2) is 21.9 Å². The lowest BCUT2D eigenvalue weighted by Crippen LogP contribution is -2.19. The Morgan fingerprint density at radius 1 is 1.29 bits per heavy atom. The van der Waals surface area contributed by atoms with Crippen molar-refractivity contribution in [1.82, 2.24) is 10.2 Å². The summed E-state index contributed by atoms with van der Waals surface area (Å²) in [6.45, 7) is 8.31. The number of rotatable bonds is 4. The van der Waals surface area contributed by atoms with Crippen LogP contribution < -0.4 is 5.32 Å². The molecule has 1 amide bonds. The minimum absolute atomic E-state index is 0.00659. The Morgan fingerprint density at radius 2 is 2.00 bits per heavy atom. The van der Waals surface area contributed by atoms with Gasteiger partial charge in [-0.2, -0.15) is 0 Å². The molecule has 4 nitrogen and oxygen atoms in total. The van der Waals surface area contributed by atoms with Crippen LogP contribution in [0.15, 0.2) is 28.6 Å². The Labute approximate surface area is 133 Å². The Morgan fingerprint density at radius 3 is 2.62 bits per heavy atom. The van der Waals surface area contributed by atoms with E-state index in [9.17, 15) is 4.79 Å². The standard InChI is InChI=1S/C15H19N3OS2/c1-10-17-18-14(21-10)20-9-13(19)16-12-8-6-5-7-11(12)15(2,3)4/h5-8H,9H2,1-4H3,(H,16,19). The van der Waals surface area contributed by atoms with E-state index in [0.29, 0.717) is 5.75 Å². The van der Waals surface area contributed by atoms with Crippen molar-refractivity contribution in [1.29, 1.82) is 0 Å². The second kappa shape index (κ2) is 6.58. The molecule has 1 aromatic heterocycles. The van der Waals surface area contributed by atoms with Crippen molar-refractivity contribution in [2.45, 2.75) is 37.4 Å². The highest BCUT2D eigenvalue weighted by molar-refractivity contribution is 8.01. The number of carbonyl (C=O) groups is 1. The number of aromatic nitrogens is 2. The van der Waals surface area contributed by atoms with Gasteiger partial charge in [-0.25, -0.2) is 0 Å². The minimum Gasteiger partial charge on any atom is -0.325 e. The van der Waals surface area contributed by atoms with Crippen LogP contribution in [0, 0.1) is 6.92 Å². The summed E-state index contributed by atoms with van der Waals surface area (Å²) in [6, 6.07) is 7.93. The van der Waals surface area contributed by atoms with E-state index in [1.165, 1.54) is 23.1 Å². The van der Waals surface area contributed by atoms with Gasteiger partial charge in [0.05, 0.1) is 5.75 Å². The molecule has 1 heterocycles. The summed E-state index contributed by atoms with van der Waals surface area (Å²) in [5, 5.41) is 11.8. The fourth-order valence-corrected chi connectivity index (χ4v) is 3.51. The molecular weight excluding hydrogens is 302 g/mol. The monoisotopic (exact) mass is 321 g/mol. The number of hydrogen-bond donors (Lipinski definition) is 1. The second-order valence-corrected chi connectivity index (χ2v) is 8.12. The van der Waals surface area contributed by atoms with Gasteiger partial charge in [0, 0.05) is 5.69 Å². The number of hydrogen-bond acceptors (Lipinski definition) is 5. The summed E-state index contributed by atoms with van der Waals surface area (Å²) in [5.41, 5.74) is 2.01. The van der Waals surface area contributed by atoms with Gasteiger partial charge in [-0.3, -0.25) is 4.79 Å². The third-order valence-electron chi connectivity index (χ3n) is 2.84. The van der Waals surface area contributed by atoms with E-state index in [1.54, 1.807) is 0 Å². The zero-order chi connectivity index (χ0) is 15.5. The zero-order valence-corrected chi connectivity index (χ0v) is 14.3. The number of aryl methyl sites for hydroxylation is 1. The Kier molecular flexibility index (Phi) is 5.00. The van der Waals surface area contributed by atoms with Crippen molar-refractivity contribution >= 4 is 34.7 Å². The number of carbonyl (C=O) groups excluding carboxylic acids is 1. The van der Waals surface area contributed by atoms with Crippen LogP contribution in [0.25, 0.3) is 0 Å². The number of nitrogens with zero attached hydrogens (tertiary/aromatic N) is 2. The number of benzene rings is 1. The van der Waals surface area contributed by atoms with Crippen molar-refractivity contribution in [2.75, 3.05) is 11.1 Å². The molecule has 0 atom stereocenters. The lowest BCUT2D eigenvalue weighted by Gasteiger charge is -2.22. The Hall–Kier alpha value is -1.40. The van der Waals surface area contributed by atoms with E-state index in [0.717, 1.165) is 20.6 Å². The number of anilines is 1. The maximum absolute atomic E-state index is 12.1. The molecule has 0 aliphatic rings. The highest BCUT2D eigenvalue weighted by Crippen LogP contribution is 2.29. The Bertz CT molecular complexity index is 632. The van der Waals surface area contributed by atoms with Crippen molar-refractivity contribution in [3.8, 4) is 0 Å². The molecular formula is C15H19N3OS2. The van der Waals surface area contributed by atoms with E-state index >= 15 is 0 Å². The first-order valence-electron chi connectivity index (χ1n) is 6.68. The molecule has 2 rings (SSSR count). The number of nitrogens with one attached hydrogen (secondary N) is 1. The van der Waals surface area contributed by atoms with Crippen molar-refractivity contribution in [3.05, 3.63) is 34.8 Å². The van der Waals surface area contributed by atoms with Gasteiger partial charge >= 0.3 is 0 Å². The first-order valence-corrected chi connectivity index (χ1v) is 8.49. The molecule has 21 heavy (non-hydrogen) atoms. The molecule has 0 unspecified atom stereocenters. The smallest absolute Gasteiger partial charge is 0.234 e. The molecule has 0 bridgehead atoms. The zero-order valence-electron chi connectivity index (χ0n) is 12.6. The van der Waals surface area contributed by atoms with Crippen LogP contribution >= 0.6 is 23.1 Å². The molecule has 0 radical (unpaired) electrons. The summed E-state index contributed by atoms with van der Waals surface area (Å²) in [7, 11) is 0. The summed E-state index contributed by atoms with van der Waals surface area (Å²) in [4.78, 5) is 12.1. The summed E-state index contributed by atoms with van der Waals surface area (Å²) < 4.78 is 0.826. The van der Waals surface area contributed by atoms with Crippen molar-refractivity contribution in [2.24, 2.45) is 0 Å². The number of thioether (sulfide) groups is 1. The molecule has 1 N–H and O–H groups in total. The van der Waals surface area contributed by atoms with E-state index in [1.807, 2.05) is 25.1 Å². The normalized spacial score (nSPS) is 11.4. The first kappa shape index (κ1) is 16.0. The Balaban J connectivity index is 2.00. The lowest BCUT2D eigenvalue weighted by atomic mass is 9.86. The van der Waals surface area contributed by atoms with E-state index in [2.05, 4.69) is 42.4 Å². The fraction of sp³-hybridized carbons (Fsp3) is 0.400. The largest absolute Gasteiger partial charge is 0.325 e. The third kappa shape index (κ3) is 4.54.